The third kappa shape index (κ3) is 3.48. The van der Waals surface area contributed by atoms with E-state index in [1.165, 1.54) is 18.4 Å². The van der Waals surface area contributed by atoms with E-state index in [2.05, 4.69) is 31.0 Å². The summed E-state index contributed by atoms with van der Waals surface area (Å²) in [5.74, 6) is 1.84. The Kier molecular flexibility index (Phi) is 4.48. The van der Waals surface area contributed by atoms with Crippen molar-refractivity contribution in [3.8, 4) is 5.75 Å². The van der Waals surface area contributed by atoms with E-state index >= 15 is 0 Å². The maximum atomic E-state index is 6.06. The third-order valence-corrected chi connectivity index (χ3v) is 4.35. The molecule has 0 aliphatic heterocycles. The van der Waals surface area contributed by atoms with Gasteiger partial charge in [0.15, 0.2) is 0 Å². The first-order valence-electron chi connectivity index (χ1n) is 7.12. The molecule has 1 unspecified atom stereocenters. The molecule has 106 valence electrons. The van der Waals surface area contributed by atoms with Gasteiger partial charge in [-0.15, -0.1) is 0 Å². The molecule has 3 nitrogen and oxygen atoms in total. The summed E-state index contributed by atoms with van der Waals surface area (Å²) in [7, 11) is 3.92. The number of nitrogens with two attached hydrogens (primary N) is 1. The second-order valence-corrected chi connectivity index (χ2v) is 6.01. The molecule has 2 N–H and O–H groups in total. The first-order chi connectivity index (χ1) is 9.09. The first-order valence-corrected chi connectivity index (χ1v) is 7.12. The summed E-state index contributed by atoms with van der Waals surface area (Å²) >= 11 is 0. The molecule has 1 fully saturated rings. The van der Waals surface area contributed by atoms with Crippen LogP contribution in [-0.2, 0) is 6.42 Å². The molecule has 1 aliphatic carbocycles. The van der Waals surface area contributed by atoms with Gasteiger partial charge in [0.05, 0.1) is 7.11 Å². The van der Waals surface area contributed by atoms with Crippen LogP contribution in [0.15, 0.2) is 24.3 Å². The number of hydrogen-bond donors (Lipinski definition) is 1. The predicted octanol–water partition coefficient (Wildman–Crippen LogP) is 2.30. The van der Waals surface area contributed by atoms with E-state index in [0.717, 1.165) is 24.6 Å². The third-order valence-electron chi connectivity index (χ3n) is 4.35. The van der Waals surface area contributed by atoms with E-state index in [1.54, 1.807) is 7.11 Å². The van der Waals surface area contributed by atoms with Crippen molar-refractivity contribution in [2.45, 2.75) is 31.7 Å². The molecular weight excluding hydrogens is 236 g/mol. The van der Waals surface area contributed by atoms with Gasteiger partial charge in [0.1, 0.15) is 5.75 Å². The van der Waals surface area contributed by atoms with E-state index in [4.69, 9.17) is 10.5 Å². The van der Waals surface area contributed by atoms with Gasteiger partial charge < -0.3 is 10.5 Å². The van der Waals surface area contributed by atoms with Crippen molar-refractivity contribution in [3.05, 3.63) is 29.8 Å². The van der Waals surface area contributed by atoms with Gasteiger partial charge in [-0.25, -0.2) is 0 Å². The summed E-state index contributed by atoms with van der Waals surface area (Å²) in [4.78, 5) is 2.43. The molecular formula is C16H26N2O. The fourth-order valence-electron chi connectivity index (χ4n) is 2.53. The van der Waals surface area contributed by atoms with Crippen molar-refractivity contribution in [1.29, 1.82) is 0 Å². The monoisotopic (exact) mass is 262 g/mol. The second-order valence-electron chi connectivity index (χ2n) is 6.01. The number of likely N-dealkylation sites (N-methyl/N-ethyl adjacent to an activating group) is 1. The maximum absolute atomic E-state index is 6.06. The minimum atomic E-state index is -0.00275. The molecule has 0 radical (unpaired) electrons. The van der Waals surface area contributed by atoms with Gasteiger partial charge in [0.2, 0.25) is 0 Å². The lowest BCUT2D eigenvalue weighted by atomic mass is 9.90. The minimum absolute atomic E-state index is 0.00275. The lowest BCUT2D eigenvalue weighted by molar-refractivity contribution is 0.137. The number of rotatable bonds is 7. The van der Waals surface area contributed by atoms with E-state index in [0.29, 0.717) is 6.54 Å². The number of benzene rings is 1. The highest BCUT2D eigenvalue weighted by atomic mass is 16.5. The van der Waals surface area contributed by atoms with E-state index in [9.17, 15) is 0 Å². The quantitative estimate of drug-likeness (QED) is 0.819. The Labute approximate surface area is 116 Å². The van der Waals surface area contributed by atoms with Crippen molar-refractivity contribution in [3.63, 3.8) is 0 Å². The highest BCUT2D eigenvalue weighted by Crippen LogP contribution is 2.32. The fourth-order valence-corrected chi connectivity index (χ4v) is 2.53. The molecule has 1 aromatic rings. The number of methoxy groups -OCH3 is 1. The molecule has 0 spiro atoms. The molecule has 1 aromatic carbocycles. The maximum Gasteiger partial charge on any atom is 0.122 e. The Bertz CT molecular complexity index is 417. The Balaban J connectivity index is 2.11. The largest absolute Gasteiger partial charge is 0.496 e. The Morgan fingerprint density at radius 2 is 2.05 bits per heavy atom. The molecule has 3 heteroatoms. The number of hydrogen-bond acceptors (Lipinski definition) is 3. The standard InChI is InChI=1S/C16H26N2O/c1-16(12-17,18(2)11-13-8-9-13)10-14-6-4-5-7-15(14)19-3/h4-7,13H,8-12,17H2,1-3H3. The molecule has 0 aromatic heterocycles. The van der Waals surface area contributed by atoms with Crippen LogP contribution in [0.4, 0.5) is 0 Å². The molecule has 0 heterocycles. The van der Waals surface area contributed by atoms with Gasteiger partial charge in [-0.3, -0.25) is 4.90 Å². The molecule has 1 atom stereocenters. The van der Waals surface area contributed by atoms with Crippen LogP contribution in [-0.4, -0.2) is 37.7 Å². The van der Waals surface area contributed by atoms with Crippen molar-refractivity contribution < 1.29 is 4.74 Å². The molecule has 19 heavy (non-hydrogen) atoms. The lowest BCUT2D eigenvalue weighted by Gasteiger charge is -2.38. The molecule has 0 amide bonds. The molecule has 1 saturated carbocycles. The van der Waals surface area contributed by atoms with Crippen LogP contribution < -0.4 is 10.5 Å². The molecule has 2 rings (SSSR count). The summed E-state index contributed by atoms with van der Waals surface area (Å²) in [6.07, 6.45) is 3.68. The van der Waals surface area contributed by atoms with Gasteiger partial charge in [0, 0.05) is 18.6 Å². The molecule has 0 bridgehead atoms. The summed E-state index contributed by atoms with van der Waals surface area (Å²) in [6, 6.07) is 8.23. The van der Waals surface area contributed by atoms with Crippen LogP contribution in [0.5, 0.6) is 5.75 Å². The Morgan fingerprint density at radius 1 is 1.37 bits per heavy atom. The van der Waals surface area contributed by atoms with Gasteiger partial charge >= 0.3 is 0 Å². The van der Waals surface area contributed by atoms with Crippen LogP contribution in [0.25, 0.3) is 0 Å². The van der Waals surface area contributed by atoms with E-state index < -0.39 is 0 Å². The van der Waals surface area contributed by atoms with Crippen molar-refractivity contribution in [1.82, 2.24) is 4.90 Å². The second kappa shape index (κ2) is 5.93. The highest BCUT2D eigenvalue weighted by Gasteiger charge is 2.33. The van der Waals surface area contributed by atoms with E-state index in [-0.39, 0.29) is 5.54 Å². The number of ether oxygens (including phenoxy) is 1. The summed E-state index contributed by atoms with van der Waals surface area (Å²) in [6.45, 7) is 4.07. The van der Waals surface area contributed by atoms with Gasteiger partial charge in [-0.05, 0) is 50.8 Å². The molecule has 0 saturated heterocycles. The molecule has 1 aliphatic rings. The van der Waals surface area contributed by atoms with Crippen LogP contribution in [0, 0.1) is 5.92 Å². The number of nitrogens with zero attached hydrogens (tertiary/aromatic N) is 1. The zero-order chi connectivity index (χ0) is 13.9. The minimum Gasteiger partial charge on any atom is -0.496 e. The van der Waals surface area contributed by atoms with Crippen molar-refractivity contribution in [2.24, 2.45) is 11.7 Å². The Hall–Kier alpha value is -1.06. The SMILES string of the molecule is COc1ccccc1CC(C)(CN)N(C)CC1CC1. The van der Waals surface area contributed by atoms with Crippen LogP contribution in [0.3, 0.4) is 0 Å². The van der Waals surface area contributed by atoms with Gasteiger partial charge in [-0.2, -0.15) is 0 Å². The topological polar surface area (TPSA) is 38.5 Å². The first kappa shape index (κ1) is 14.4. The van der Waals surface area contributed by atoms with Crippen molar-refractivity contribution in [2.75, 3.05) is 27.2 Å². The lowest BCUT2D eigenvalue weighted by Crippen LogP contribution is -2.52. The number of para-hydroxylation sites is 1. The summed E-state index contributed by atoms with van der Waals surface area (Å²) in [5.41, 5.74) is 7.29. The summed E-state index contributed by atoms with van der Waals surface area (Å²) < 4.78 is 5.45. The van der Waals surface area contributed by atoms with Crippen LogP contribution in [0.1, 0.15) is 25.3 Å². The average Bonchev–Trinajstić information content (AvgIpc) is 3.23. The highest BCUT2D eigenvalue weighted by molar-refractivity contribution is 5.34. The van der Waals surface area contributed by atoms with Gasteiger partial charge in [0.25, 0.3) is 0 Å². The zero-order valence-corrected chi connectivity index (χ0v) is 12.4. The van der Waals surface area contributed by atoms with E-state index in [1.807, 2.05) is 12.1 Å². The zero-order valence-electron chi connectivity index (χ0n) is 12.4. The van der Waals surface area contributed by atoms with Gasteiger partial charge in [-0.1, -0.05) is 18.2 Å². The Morgan fingerprint density at radius 3 is 2.63 bits per heavy atom. The fraction of sp³-hybridized carbons (Fsp3) is 0.625. The normalized spacial score (nSPS) is 18.4. The summed E-state index contributed by atoms with van der Waals surface area (Å²) in [5, 5.41) is 0. The smallest absolute Gasteiger partial charge is 0.122 e. The average molecular weight is 262 g/mol. The van der Waals surface area contributed by atoms with Crippen molar-refractivity contribution >= 4 is 0 Å². The predicted molar refractivity (Wildman–Crippen MR) is 79.5 cm³/mol. The van der Waals surface area contributed by atoms with Crippen LogP contribution in [0.2, 0.25) is 0 Å². The van der Waals surface area contributed by atoms with Crippen LogP contribution >= 0.6 is 0 Å².